The van der Waals surface area contributed by atoms with Crippen molar-refractivity contribution >= 4 is 109 Å². The predicted molar refractivity (Wildman–Crippen MR) is 25.0 cm³/mol. The van der Waals surface area contributed by atoms with Crippen LogP contribution in [-0.2, 0) is 0 Å². The molecule has 0 aromatic carbocycles. The minimum atomic E-state index is -1.83. The van der Waals surface area contributed by atoms with E-state index >= 15 is 0 Å². The number of carboxylic acid groups (broad SMARTS) is 2. The van der Waals surface area contributed by atoms with Crippen molar-refractivity contribution in [2.24, 2.45) is 0 Å². The molecular formula is CH4K2O3. The molecule has 0 saturated heterocycles. The molecule has 0 rings (SSSR count). The summed E-state index contributed by atoms with van der Waals surface area (Å²) in [5.41, 5.74) is 0. The standard InChI is InChI=1S/CH2O3.2K.2H/c2-1(3)4;;;;/h(H2,2,3,4);;;;. The van der Waals surface area contributed by atoms with E-state index in [2.05, 4.69) is 0 Å². The van der Waals surface area contributed by atoms with Crippen molar-refractivity contribution in [3.05, 3.63) is 0 Å². The third-order valence-corrected chi connectivity index (χ3v) is 0. The molecule has 0 spiro atoms. The Kier molecular flexibility index (Phi) is 27.7. The van der Waals surface area contributed by atoms with Gasteiger partial charge in [-0.1, -0.05) is 0 Å². The maximum atomic E-state index is 8.56. The van der Waals surface area contributed by atoms with Crippen LogP contribution < -0.4 is 0 Å². The summed E-state index contributed by atoms with van der Waals surface area (Å²) in [5.74, 6) is 0. The molecule has 0 unspecified atom stereocenters. The van der Waals surface area contributed by atoms with Crippen molar-refractivity contribution < 1.29 is 15.0 Å². The molecule has 6 heavy (non-hydrogen) atoms. The number of hydrogen-bond donors (Lipinski definition) is 2. The number of carbonyl (C=O) groups is 1. The van der Waals surface area contributed by atoms with E-state index in [-0.39, 0.29) is 103 Å². The van der Waals surface area contributed by atoms with Crippen molar-refractivity contribution in [2.75, 3.05) is 0 Å². The van der Waals surface area contributed by atoms with Gasteiger partial charge < -0.3 is 10.2 Å². The molecule has 0 aliphatic heterocycles. The summed E-state index contributed by atoms with van der Waals surface area (Å²) in [7, 11) is 0. The van der Waals surface area contributed by atoms with Crippen molar-refractivity contribution in [3.8, 4) is 0 Å². The van der Waals surface area contributed by atoms with E-state index in [9.17, 15) is 0 Å². The molecule has 5 heteroatoms. The van der Waals surface area contributed by atoms with Gasteiger partial charge in [0.2, 0.25) is 0 Å². The van der Waals surface area contributed by atoms with Crippen LogP contribution >= 0.6 is 0 Å². The first-order valence-electron chi connectivity index (χ1n) is 0.651. The van der Waals surface area contributed by atoms with Gasteiger partial charge in [0.15, 0.2) is 0 Å². The second kappa shape index (κ2) is 10.5. The molecule has 0 bridgehead atoms. The summed E-state index contributed by atoms with van der Waals surface area (Å²) < 4.78 is 0. The zero-order chi connectivity index (χ0) is 3.58. The molecule has 0 fully saturated rings. The van der Waals surface area contributed by atoms with Gasteiger partial charge in [0.1, 0.15) is 0 Å². The molecule has 0 aromatic rings. The Balaban J connectivity index is -0.0000000450. The van der Waals surface area contributed by atoms with E-state index in [1.807, 2.05) is 0 Å². The van der Waals surface area contributed by atoms with E-state index in [1.165, 1.54) is 0 Å². The van der Waals surface area contributed by atoms with Gasteiger partial charge in [-0.25, -0.2) is 4.79 Å². The molecule has 0 atom stereocenters. The van der Waals surface area contributed by atoms with Gasteiger partial charge >= 0.3 is 109 Å². The quantitative estimate of drug-likeness (QED) is 0.423. The molecule has 0 radical (unpaired) electrons. The molecular weight excluding hydrogens is 138 g/mol. The number of hydrogen-bond acceptors (Lipinski definition) is 1. The van der Waals surface area contributed by atoms with E-state index in [4.69, 9.17) is 15.0 Å². The van der Waals surface area contributed by atoms with Crippen LogP contribution in [-0.4, -0.2) is 119 Å². The fourth-order valence-electron chi connectivity index (χ4n) is 0. The second-order valence-electron chi connectivity index (χ2n) is 0.283. The maximum absolute atomic E-state index is 8.56. The van der Waals surface area contributed by atoms with Crippen molar-refractivity contribution in [3.63, 3.8) is 0 Å². The Hall–Kier alpha value is 2.54. The van der Waals surface area contributed by atoms with Crippen LogP contribution in [0.5, 0.6) is 0 Å². The molecule has 0 saturated carbocycles. The van der Waals surface area contributed by atoms with Crippen LogP contribution in [0.15, 0.2) is 0 Å². The Morgan fingerprint density at radius 1 is 1.17 bits per heavy atom. The average Bonchev–Trinajstić information content (AvgIpc) is 0.811. The molecule has 2 N–H and O–H groups in total. The van der Waals surface area contributed by atoms with Gasteiger partial charge in [0, 0.05) is 0 Å². The third kappa shape index (κ3) is 31.1. The Labute approximate surface area is 120 Å². The van der Waals surface area contributed by atoms with Crippen LogP contribution in [0.3, 0.4) is 0 Å². The fraction of sp³-hybridized carbons (Fsp3) is 0. The zero-order valence-corrected chi connectivity index (χ0v) is 1.80. The van der Waals surface area contributed by atoms with Gasteiger partial charge in [0.05, 0.1) is 0 Å². The van der Waals surface area contributed by atoms with Crippen LogP contribution in [0, 0.1) is 0 Å². The summed E-state index contributed by atoms with van der Waals surface area (Å²) in [6.45, 7) is 0. The van der Waals surface area contributed by atoms with Crippen LogP contribution in [0.4, 0.5) is 4.79 Å². The first-order chi connectivity index (χ1) is 1.73. The molecule has 0 aromatic heterocycles. The average molecular weight is 142 g/mol. The van der Waals surface area contributed by atoms with Crippen LogP contribution in [0.1, 0.15) is 0 Å². The van der Waals surface area contributed by atoms with Crippen molar-refractivity contribution in [2.45, 2.75) is 0 Å². The van der Waals surface area contributed by atoms with Crippen LogP contribution in [0.2, 0.25) is 0 Å². The van der Waals surface area contributed by atoms with Gasteiger partial charge in [0.25, 0.3) is 0 Å². The SMILES string of the molecule is O=C(O)O.[KH].[KH]. The predicted octanol–water partition coefficient (Wildman–Crippen LogP) is -1.07. The summed E-state index contributed by atoms with van der Waals surface area (Å²) in [6.07, 6.45) is -1.83. The molecule has 0 aliphatic rings. The summed E-state index contributed by atoms with van der Waals surface area (Å²) in [6, 6.07) is 0. The Morgan fingerprint density at radius 2 is 1.17 bits per heavy atom. The molecule has 0 amide bonds. The van der Waals surface area contributed by atoms with Gasteiger partial charge in [-0.3, -0.25) is 0 Å². The second-order valence-corrected chi connectivity index (χ2v) is 0.283. The van der Waals surface area contributed by atoms with Gasteiger partial charge in [-0.15, -0.1) is 0 Å². The monoisotopic (exact) mass is 142 g/mol. The zero-order valence-electron chi connectivity index (χ0n) is 1.80. The molecule has 28 valence electrons. The minimum absolute atomic E-state index is 0. The van der Waals surface area contributed by atoms with E-state index in [0.717, 1.165) is 0 Å². The van der Waals surface area contributed by atoms with E-state index in [0.29, 0.717) is 0 Å². The van der Waals surface area contributed by atoms with E-state index < -0.39 is 6.16 Å². The van der Waals surface area contributed by atoms with Crippen LogP contribution in [0.25, 0.3) is 0 Å². The third-order valence-electron chi connectivity index (χ3n) is 0. The summed E-state index contributed by atoms with van der Waals surface area (Å²) in [5, 5.41) is 13.9. The topological polar surface area (TPSA) is 57.5 Å². The Morgan fingerprint density at radius 3 is 1.17 bits per heavy atom. The summed E-state index contributed by atoms with van der Waals surface area (Å²) >= 11 is 0. The molecule has 0 aliphatic carbocycles. The molecule has 0 heterocycles. The van der Waals surface area contributed by atoms with Gasteiger partial charge in [-0.2, -0.15) is 0 Å². The first-order valence-corrected chi connectivity index (χ1v) is 0.651. The van der Waals surface area contributed by atoms with Crippen molar-refractivity contribution in [1.82, 2.24) is 0 Å². The van der Waals surface area contributed by atoms with Crippen molar-refractivity contribution in [1.29, 1.82) is 0 Å². The van der Waals surface area contributed by atoms with Gasteiger partial charge in [-0.05, 0) is 0 Å². The fourth-order valence-corrected chi connectivity index (χ4v) is 0. The molecule has 3 nitrogen and oxygen atoms in total. The first kappa shape index (κ1) is 15.8. The number of rotatable bonds is 0. The van der Waals surface area contributed by atoms with E-state index in [1.54, 1.807) is 0 Å². The Bertz CT molecular complexity index is 31.8. The summed E-state index contributed by atoms with van der Waals surface area (Å²) in [4.78, 5) is 8.56. The normalized spacial score (nSPS) is 4.00.